The van der Waals surface area contributed by atoms with Crippen molar-refractivity contribution in [3.63, 3.8) is 0 Å². The minimum Gasteiger partial charge on any atom is -0.507 e. The number of aromatic hydroxyl groups is 1. The molecule has 1 amide bonds. The molecule has 1 fully saturated rings. The Bertz CT molecular complexity index is 698. The zero-order chi connectivity index (χ0) is 17.1. The lowest BCUT2D eigenvalue weighted by Crippen LogP contribution is -2.46. The number of thioether (sulfide) groups is 1. The van der Waals surface area contributed by atoms with Gasteiger partial charge in [-0.05, 0) is 32.0 Å². The molecule has 5 nitrogen and oxygen atoms in total. The van der Waals surface area contributed by atoms with Crippen molar-refractivity contribution in [1.29, 1.82) is 0 Å². The lowest BCUT2D eigenvalue weighted by molar-refractivity contribution is -0.125. The number of terminal acetylenes is 1. The van der Waals surface area contributed by atoms with Crippen LogP contribution >= 0.6 is 11.8 Å². The van der Waals surface area contributed by atoms with Gasteiger partial charge in [0.2, 0.25) is 5.91 Å². The first kappa shape index (κ1) is 16.9. The summed E-state index contributed by atoms with van der Waals surface area (Å²) in [6.45, 7) is 0.267. The highest BCUT2D eigenvalue weighted by molar-refractivity contribution is 8.14. The maximum atomic E-state index is 12.2. The summed E-state index contributed by atoms with van der Waals surface area (Å²) in [7, 11) is 1.98. The van der Waals surface area contributed by atoms with Crippen LogP contribution in [0.5, 0.6) is 5.75 Å². The quantitative estimate of drug-likeness (QED) is 0.813. The SMILES string of the molecule is C#CCNC(=O)[C@H]1CCC(C2CSC(c3ccccc3O)=N2)N1C. The van der Waals surface area contributed by atoms with Gasteiger partial charge in [0, 0.05) is 17.4 Å². The molecule has 24 heavy (non-hydrogen) atoms. The van der Waals surface area contributed by atoms with Crippen LogP contribution < -0.4 is 5.32 Å². The number of likely N-dealkylation sites (tertiary alicyclic amines) is 1. The number of benzene rings is 1. The summed E-state index contributed by atoms with van der Waals surface area (Å²) in [5.41, 5.74) is 0.786. The van der Waals surface area contributed by atoms with Crippen molar-refractivity contribution in [2.45, 2.75) is 31.0 Å². The number of amides is 1. The summed E-state index contributed by atoms with van der Waals surface area (Å²) < 4.78 is 0. The van der Waals surface area contributed by atoms with Crippen LogP contribution in [-0.2, 0) is 4.79 Å². The summed E-state index contributed by atoms with van der Waals surface area (Å²) in [4.78, 5) is 19.1. The van der Waals surface area contributed by atoms with Crippen molar-refractivity contribution in [3.05, 3.63) is 29.8 Å². The molecule has 0 aromatic heterocycles. The molecule has 0 saturated carbocycles. The number of hydrogen-bond donors (Lipinski definition) is 2. The molecule has 0 bridgehead atoms. The highest BCUT2D eigenvalue weighted by Gasteiger charge is 2.40. The van der Waals surface area contributed by atoms with Crippen molar-refractivity contribution >= 4 is 22.7 Å². The number of aliphatic imine (C=N–C) groups is 1. The van der Waals surface area contributed by atoms with Gasteiger partial charge in [-0.1, -0.05) is 18.1 Å². The van der Waals surface area contributed by atoms with Crippen molar-refractivity contribution in [1.82, 2.24) is 10.2 Å². The fourth-order valence-corrected chi connectivity index (χ4v) is 4.55. The Morgan fingerprint density at radius 1 is 1.50 bits per heavy atom. The van der Waals surface area contributed by atoms with Crippen LogP contribution in [-0.4, -0.2) is 58.4 Å². The van der Waals surface area contributed by atoms with Crippen molar-refractivity contribution in [2.24, 2.45) is 4.99 Å². The number of nitrogens with zero attached hydrogens (tertiary/aromatic N) is 2. The third kappa shape index (κ3) is 3.28. The molecule has 126 valence electrons. The number of rotatable bonds is 4. The van der Waals surface area contributed by atoms with E-state index in [2.05, 4.69) is 16.1 Å². The molecular formula is C18H21N3O2S. The molecule has 3 atom stereocenters. The van der Waals surface area contributed by atoms with E-state index in [1.807, 2.05) is 19.2 Å². The Labute approximate surface area is 146 Å². The molecule has 3 rings (SSSR count). The van der Waals surface area contributed by atoms with Crippen LogP contribution in [0.3, 0.4) is 0 Å². The van der Waals surface area contributed by atoms with Crippen LogP contribution in [0.4, 0.5) is 0 Å². The fourth-order valence-electron chi connectivity index (χ4n) is 3.39. The smallest absolute Gasteiger partial charge is 0.238 e. The summed E-state index contributed by atoms with van der Waals surface area (Å²) >= 11 is 1.67. The summed E-state index contributed by atoms with van der Waals surface area (Å²) in [6, 6.07) is 7.51. The Morgan fingerprint density at radius 2 is 2.29 bits per heavy atom. The van der Waals surface area contributed by atoms with E-state index < -0.39 is 0 Å². The van der Waals surface area contributed by atoms with Crippen LogP contribution in [0, 0.1) is 12.3 Å². The van der Waals surface area contributed by atoms with E-state index in [4.69, 9.17) is 11.4 Å². The lowest BCUT2D eigenvalue weighted by atomic mass is 10.1. The van der Waals surface area contributed by atoms with Crippen LogP contribution in [0.15, 0.2) is 29.3 Å². The largest absolute Gasteiger partial charge is 0.507 e. The average Bonchev–Trinajstić information content (AvgIpc) is 3.19. The van der Waals surface area contributed by atoms with Crippen LogP contribution in [0.2, 0.25) is 0 Å². The zero-order valence-corrected chi connectivity index (χ0v) is 14.4. The summed E-state index contributed by atoms with van der Waals surface area (Å²) in [5, 5.41) is 13.6. The van der Waals surface area contributed by atoms with Gasteiger partial charge < -0.3 is 10.4 Å². The van der Waals surface area contributed by atoms with Crippen LogP contribution in [0.25, 0.3) is 0 Å². The van der Waals surface area contributed by atoms with E-state index >= 15 is 0 Å². The monoisotopic (exact) mass is 343 g/mol. The number of likely N-dealkylation sites (N-methyl/N-ethyl adjacent to an activating group) is 1. The Morgan fingerprint density at radius 3 is 3.04 bits per heavy atom. The first-order valence-corrected chi connectivity index (χ1v) is 9.02. The molecule has 0 spiro atoms. The van der Waals surface area contributed by atoms with E-state index in [-0.39, 0.29) is 36.3 Å². The van der Waals surface area contributed by atoms with Gasteiger partial charge in [0.25, 0.3) is 0 Å². The lowest BCUT2D eigenvalue weighted by Gasteiger charge is -2.27. The van der Waals surface area contributed by atoms with Crippen molar-refractivity contribution in [3.8, 4) is 18.1 Å². The minimum atomic E-state index is -0.141. The Balaban J connectivity index is 1.69. The molecule has 1 aromatic rings. The normalized spacial score (nSPS) is 26.8. The van der Waals surface area contributed by atoms with E-state index in [9.17, 15) is 9.90 Å². The standard InChI is InChI=1S/C18H21N3O2S/c1-3-10-19-17(23)15-9-8-14(21(15)2)13-11-24-18(20-13)12-6-4-5-7-16(12)22/h1,4-7,13-15,22H,8-11H2,2H3,(H,19,23)/t13?,14?,15-/m1/s1. The van der Waals surface area contributed by atoms with Gasteiger partial charge in [-0.3, -0.25) is 14.7 Å². The van der Waals surface area contributed by atoms with Gasteiger partial charge in [0.15, 0.2) is 0 Å². The zero-order valence-electron chi connectivity index (χ0n) is 13.6. The number of para-hydroxylation sites is 1. The Kier molecular flexibility index (Phi) is 5.12. The number of nitrogens with one attached hydrogen (secondary N) is 1. The molecule has 1 aromatic carbocycles. The average molecular weight is 343 g/mol. The van der Waals surface area contributed by atoms with E-state index in [0.717, 1.165) is 29.2 Å². The van der Waals surface area contributed by atoms with Gasteiger partial charge in [-0.2, -0.15) is 0 Å². The van der Waals surface area contributed by atoms with E-state index in [1.54, 1.807) is 23.9 Å². The van der Waals surface area contributed by atoms with Crippen LogP contribution in [0.1, 0.15) is 18.4 Å². The summed E-state index contributed by atoms with van der Waals surface area (Å²) in [6.07, 6.45) is 6.96. The molecule has 2 aliphatic heterocycles. The first-order chi connectivity index (χ1) is 11.6. The topological polar surface area (TPSA) is 64.9 Å². The number of carbonyl (C=O) groups excluding carboxylic acids is 1. The van der Waals surface area contributed by atoms with E-state index in [1.165, 1.54) is 0 Å². The third-order valence-corrected chi connectivity index (χ3v) is 5.78. The minimum absolute atomic E-state index is 0.00601. The molecule has 2 N–H and O–H groups in total. The number of phenols is 1. The highest BCUT2D eigenvalue weighted by Crippen LogP contribution is 2.34. The molecule has 2 unspecified atom stereocenters. The van der Waals surface area contributed by atoms with Gasteiger partial charge in [-0.25, -0.2) is 0 Å². The second-order valence-corrected chi connectivity index (χ2v) is 7.09. The molecular weight excluding hydrogens is 322 g/mol. The summed E-state index contributed by atoms with van der Waals surface area (Å²) in [5.74, 6) is 3.56. The predicted molar refractivity (Wildman–Crippen MR) is 97.3 cm³/mol. The molecule has 2 aliphatic rings. The van der Waals surface area contributed by atoms with Gasteiger partial charge in [0.1, 0.15) is 10.8 Å². The van der Waals surface area contributed by atoms with Gasteiger partial charge in [0.05, 0.1) is 18.6 Å². The molecule has 1 saturated heterocycles. The predicted octanol–water partition coefficient (Wildman–Crippen LogP) is 1.47. The van der Waals surface area contributed by atoms with Gasteiger partial charge >= 0.3 is 0 Å². The number of phenolic OH excluding ortho intramolecular Hbond substituents is 1. The first-order valence-electron chi connectivity index (χ1n) is 8.04. The van der Waals surface area contributed by atoms with E-state index in [0.29, 0.717) is 0 Å². The fraction of sp³-hybridized carbons (Fsp3) is 0.444. The highest BCUT2D eigenvalue weighted by atomic mass is 32.2. The molecule has 0 radical (unpaired) electrons. The second kappa shape index (κ2) is 7.29. The second-order valence-electron chi connectivity index (χ2n) is 6.08. The van der Waals surface area contributed by atoms with Crippen molar-refractivity contribution in [2.75, 3.05) is 19.3 Å². The third-order valence-electron chi connectivity index (χ3n) is 4.67. The van der Waals surface area contributed by atoms with Crippen molar-refractivity contribution < 1.29 is 9.90 Å². The number of hydrogen-bond acceptors (Lipinski definition) is 5. The molecule has 6 heteroatoms. The maximum Gasteiger partial charge on any atom is 0.238 e. The number of carbonyl (C=O) groups is 1. The Hall–Kier alpha value is -1.97. The van der Waals surface area contributed by atoms with Gasteiger partial charge in [-0.15, -0.1) is 18.2 Å². The maximum absolute atomic E-state index is 12.2. The molecule has 0 aliphatic carbocycles. The molecule has 2 heterocycles.